The average Bonchev–Trinajstić information content (AvgIpc) is 3.48. The van der Waals surface area contributed by atoms with Crippen LogP contribution in [-0.4, -0.2) is 40.1 Å². The molecule has 34 heavy (non-hydrogen) atoms. The van der Waals surface area contributed by atoms with Gasteiger partial charge in [-0.05, 0) is 51.8 Å². The van der Waals surface area contributed by atoms with Gasteiger partial charge in [0.05, 0.1) is 22.4 Å². The molecule has 3 amide bonds. The van der Waals surface area contributed by atoms with Gasteiger partial charge in [-0.3, -0.25) is 29.4 Å². The van der Waals surface area contributed by atoms with E-state index in [1.807, 2.05) is 26.0 Å². The second-order valence-electron chi connectivity index (χ2n) is 9.87. The van der Waals surface area contributed by atoms with E-state index >= 15 is 0 Å². The number of nitro benzene ring substituents is 1. The molecule has 0 aromatic heterocycles. The van der Waals surface area contributed by atoms with Crippen molar-refractivity contribution in [3.05, 3.63) is 62.7 Å². The standard InChI is InChI=1S/C25H24N4O5/c1-12-9-14(3)21-16(10-12)25(24(32)26-21)20-19(17-5-4-8-27(17)25)22(30)28(23(20)31)15-7-6-13(2)18(11-15)29(33)34/h6-7,9-11,17,19-20H,4-5,8H2,1-3H3,(H,26,32)/t17-,19+,20+,25-/m1/s1. The van der Waals surface area contributed by atoms with Gasteiger partial charge in [-0.15, -0.1) is 0 Å². The van der Waals surface area contributed by atoms with Gasteiger partial charge < -0.3 is 5.32 Å². The molecule has 0 aliphatic carbocycles. The Kier molecular flexibility index (Phi) is 4.15. The molecule has 0 bridgehead atoms. The normalized spacial score (nSPS) is 29.6. The summed E-state index contributed by atoms with van der Waals surface area (Å²) in [6, 6.07) is 8.10. The highest BCUT2D eigenvalue weighted by atomic mass is 16.6. The topological polar surface area (TPSA) is 113 Å². The van der Waals surface area contributed by atoms with Crippen LogP contribution in [0.3, 0.4) is 0 Å². The van der Waals surface area contributed by atoms with Crippen molar-refractivity contribution in [1.29, 1.82) is 0 Å². The Bertz CT molecular complexity index is 1340. The van der Waals surface area contributed by atoms with Crippen LogP contribution >= 0.6 is 0 Å². The SMILES string of the molecule is Cc1cc(C)c2c(c1)[C@]1(C(=O)N2)[C@@H]2C(=O)N(c3ccc(C)c([N+](=O)[O-])c3)C(=O)[C@H]2[C@H]2CCCN21. The lowest BCUT2D eigenvalue weighted by molar-refractivity contribution is -0.385. The van der Waals surface area contributed by atoms with E-state index in [9.17, 15) is 24.5 Å². The van der Waals surface area contributed by atoms with Crippen molar-refractivity contribution in [3.63, 3.8) is 0 Å². The fourth-order valence-electron chi connectivity index (χ4n) is 6.85. The van der Waals surface area contributed by atoms with Crippen molar-refractivity contribution in [2.24, 2.45) is 11.8 Å². The molecule has 1 spiro atoms. The lowest BCUT2D eigenvalue weighted by Gasteiger charge is -2.36. The molecule has 174 valence electrons. The van der Waals surface area contributed by atoms with E-state index in [1.165, 1.54) is 6.07 Å². The Morgan fingerprint density at radius 2 is 1.82 bits per heavy atom. The fourth-order valence-corrected chi connectivity index (χ4v) is 6.85. The van der Waals surface area contributed by atoms with Crippen molar-refractivity contribution in [1.82, 2.24) is 4.90 Å². The summed E-state index contributed by atoms with van der Waals surface area (Å²) in [7, 11) is 0. The number of aryl methyl sites for hydroxylation is 3. The van der Waals surface area contributed by atoms with Crippen LogP contribution in [0.2, 0.25) is 0 Å². The second kappa shape index (κ2) is 6.73. The number of imide groups is 1. The molecule has 3 saturated heterocycles. The zero-order valence-corrected chi connectivity index (χ0v) is 19.1. The molecule has 3 fully saturated rings. The Morgan fingerprint density at radius 1 is 1.06 bits per heavy atom. The van der Waals surface area contributed by atoms with Crippen LogP contribution in [0, 0.1) is 42.7 Å². The molecule has 4 heterocycles. The predicted octanol–water partition coefficient (Wildman–Crippen LogP) is 2.95. The number of carbonyl (C=O) groups is 3. The molecular formula is C25H24N4O5. The maximum atomic E-state index is 14.0. The molecule has 0 unspecified atom stereocenters. The van der Waals surface area contributed by atoms with Crippen molar-refractivity contribution >= 4 is 34.8 Å². The van der Waals surface area contributed by atoms with Crippen LogP contribution in [0.1, 0.15) is 35.1 Å². The monoisotopic (exact) mass is 460 g/mol. The van der Waals surface area contributed by atoms with E-state index < -0.39 is 28.2 Å². The minimum Gasteiger partial charge on any atom is -0.324 e. The van der Waals surface area contributed by atoms with E-state index in [1.54, 1.807) is 19.1 Å². The molecule has 9 nitrogen and oxygen atoms in total. The highest BCUT2D eigenvalue weighted by Gasteiger charge is 2.74. The summed E-state index contributed by atoms with van der Waals surface area (Å²) in [5, 5.41) is 14.5. The van der Waals surface area contributed by atoms with Gasteiger partial charge in [0.25, 0.3) is 5.69 Å². The number of rotatable bonds is 2. The van der Waals surface area contributed by atoms with E-state index in [0.717, 1.165) is 34.4 Å². The zero-order valence-electron chi connectivity index (χ0n) is 19.1. The smallest absolute Gasteiger partial charge is 0.274 e. The number of benzene rings is 2. The van der Waals surface area contributed by atoms with Gasteiger partial charge in [0.2, 0.25) is 17.7 Å². The number of nitro groups is 1. The molecule has 2 aromatic rings. The molecule has 0 radical (unpaired) electrons. The molecule has 4 aliphatic heterocycles. The molecule has 9 heteroatoms. The number of nitrogens with zero attached hydrogens (tertiary/aromatic N) is 3. The number of amides is 3. The number of hydrogen-bond acceptors (Lipinski definition) is 6. The summed E-state index contributed by atoms with van der Waals surface area (Å²) in [4.78, 5) is 55.7. The number of fused-ring (bicyclic) bond motifs is 7. The van der Waals surface area contributed by atoms with E-state index in [4.69, 9.17) is 0 Å². The first-order valence-corrected chi connectivity index (χ1v) is 11.5. The van der Waals surface area contributed by atoms with Crippen molar-refractivity contribution in [3.8, 4) is 0 Å². The van der Waals surface area contributed by atoms with Crippen molar-refractivity contribution in [2.75, 3.05) is 16.8 Å². The van der Waals surface area contributed by atoms with E-state index in [-0.39, 0.29) is 29.2 Å². The third-order valence-electron chi connectivity index (χ3n) is 8.09. The first-order valence-electron chi connectivity index (χ1n) is 11.5. The summed E-state index contributed by atoms with van der Waals surface area (Å²) in [5.41, 5.74) is 2.59. The summed E-state index contributed by atoms with van der Waals surface area (Å²) in [5.74, 6) is -2.67. The minimum absolute atomic E-state index is 0.150. The van der Waals surface area contributed by atoms with Gasteiger partial charge in [-0.1, -0.05) is 23.8 Å². The Hall–Kier alpha value is -3.59. The molecule has 4 atom stereocenters. The highest BCUT2D eigenvalue weighted by Crippen LogP contribution is 2.61. The second-order valence-corrected chi connectivity index (χ2v) is 9.87. The molecule has 1 N–H and O–H groups in total. The summed E-state index contributed by atoms with van der Waals surface area (Å²) in [6.07, 6.45) is 1.55. The minimum atomic E-state index is -1.25. The Morgan fingerprint density at radius 3 is 2.56 bits per heavy atom. The largest absolute Gasteiger partial charge is 0.324 e. The Labute approximate surface area is 195 Å². The summed E-state index contributed by atoms with van der Waals surface area (Å²) < 4.78 is 0. The maximum absolute atomic E-state index is 14.0. The lowest BCUT2D eigenvalue weighted by Crippen LogP contribution is -2.54. The van der Waals surface area contributed by atoms with Crippen LogP contribution in [0.5, 0.6) is 0 Å². The van der Waals surface area contributed by atoms with Crippen LogP contribution in [0.4, 0.5) is 17.1 Å². The van der Waals surface area contributed by atoms with Crippen LogP contribution in [0.15, 0.2) is 30.3 Å². The molecule has 6 rings (SSSR count). The van der Waals surface area contributed by atoms with Gasteiger partial charge in [-0.25, -0.2) is 4.90 Å². The van der Waals surface area contributed by atoms with Gasteiger partial charge in [0.1, 0.15) is 5.54 Å². The lowest BCUT2D eigenvalue weighted by atomic mass is 9.75. The summed E-state index contributed by atoms with van der Waals surface area (Å²) >= 11 is 0. The van der Waals surface area contributed by atoms with Gasteiger partial charge >= 0.3 is 0 Å². The van der Waals surface area contributed by atoms with Gasteiger partial charge in [0.15, 0.2) is 0 Å². The number of hydrogen-bond donors (Lipinski definition) is 1. The maximum Gasteiger partial charge on any atom is 0.274 e. The zero-order chi connectivity index (χ0) is 24.1. The molecule has 4 aliphatic rings. The van der Waals surface area contributed by atoms with Gasteiger partial charge in [0, 0.05) is 28.9 Å². The number of carbonyl (C=O) groups excluding carboxylic acids is 3. The number of nitrogens with one attached hydrogen (secondary N) is 1. The third-order valence-corrected chi connectivity index (χ3v) is 8.09. The predicted molar refractivity (Wildman–Crippen MR) is 123 cm³/mol. The quantitative estimate of drug-likeness (QED) is 0.419. The Balaban J connectivity index is 1.55. The average molecular weight is 460 g/mol. The third kappa shape index (κ3) is 2.34. The van der Waals surface area contributed by atoms with Gasteiger partial charge in [-0.2, -0.15) is 0 Å². The number of anilines is 2. The van der Waals surface area contributed by atoms with E-state index in [0.29, 0.717) is 17.8 Å². The first-order chi connectivity index (χ1) is 16.2. The molecular weight excluding hydrogens is 436 g/mol. The first kappa shape index (κ1) is 21.0. The van der Waals surface area contributed by atoms with Crippen molar-refractivity contribution < 1.29 is 19.3 Å². The van der Waals surface area contributed by atoms with Crippen LogP contribution in [0.25, 0.3) is 0 Å². The fraction of sp³-hybridized carbons (Fsp3) is 0.400. The molecule has 0 saturated carbocycles. The van der Waals surface area contributed by atoms with Crippen LogP contribution < -0.4 is 10.2 Å². The summed E-state index contributed by atoms with van der Waals surface area (Å²) in [6.45, 7) is 6.13. The molecule has 2 aromatic carbocycles. The van der Waals surface area contributed by atoms with Crippen molar-refractivity contribution in [2.45, 2.75) is 45.2 Å². The highest BCUT2D eigenvalue weighted by molar-refractivity contribution is 6.26. The van der Waals surface area contributed by atoms with Crippen LogP contribution in [-0.2, 0) is 19.9 Å². The van der Waals surface area contributed by atoms with E-state index in [2.05, 4.69) is 10.2 Å².